The van der Waals surface area contributed by atoms with Crippen LogP contribution in [0.25, 0.3) is 11.3 Å². The van der Waals surface area contributed by atoms with Crippen molar-refractivity contribution in [2.24, 2.45) is 5.92 Å². The van der Waals surface area contributed by atoms with Gasteiger partial charge in [0.2, 0.25) is 0 Å². The molecule has 3 fully saturated rings. The molecule has 0 saturated carbocycles. The summed E-state index contributed by atoms with van der Waals surface area (Å²) in [5.74, 6) is 1.40. The standard InChI is InChI=1S/C28H29Cl2FN6O2/c1-16-15-37-6-2-3-23(37)25(16)26-33-22(17-4-5-21(31)19(29)11-17)13-24(34-26)35-7-9-36(10-8-35)27-20(30)12-18(14-32-27)28(38)39/h4-5,11-14,16,23,25H,2-3,6-10,15H2,1H3,(H,38,39). The maximum absolute atomic E-state index is 13.9. The molecule has 0 aliphatic carbocycles. The van der Waals surface area contributed by atoms with Gasteiger partial charge in [-0.25, -0.2) is 24.1 Å². The topological polar surface area (TPSA) is 85.7 Å². The van der Waals surface area contributed by atoms with Crippen molar-refractivity contribution in [3.8, 4) is 11.3 Å². The van der Waals surface area contributed by atoms with Gasteiger partial charge in [-0.15, -0.1) is 0 Å². The maximum Gasteiger partial charge on any atom is 0.337 e. The Kier molecular flexibility index (Phi) is 7.07. The first-order valence-corrected chi connectivity index (χ1v) is 14.0. The molecule has 3 saturated heterocycles. The summed E-state index contributed by atoms with van der Waals surface area (Å²) >= 11 is 12.5. The molecular formula is C28H29Cl2FN6O2. The Morgan fingerprint density at radius 2 is 1.79 bits per heavy atom. The molecule has 3 unspecified atom stereocenters. The number of hydrogen-bond acceptors (Lipinski definition) is 7. The fourth-order valence-corrected chi connectivity index (χ4v) is 6.74. The van der Waals surface area contributed by atoms with E-state index in [0.717, 1.165) is 42.4 Å². The lowest BCUT2D eigenvalue weighted by Gasteiger charge is -2.36. The fraction of sp³-hybridized carbons (Fsp3) is 0.429. The Hall–Kier alpha value is -3.01. The number of piperazine rings is 1. The monoisotopic (exact) mass is 570 g/mol. The number of rotatable bonds is 5. The molecule has 0 radical (unpaired) electrons. The molecule has 8 nitrogen and oxygen atoms in total. The van der Waals surface area contributed by atoms with Gasteiger partial charge in [-0.3, -0.25) is 4.90 Å². The molecule has 0 bridgehead atoms. The summed E-state index contributed by atoms with van der Waals surface area (Å²) in [6, 6.07) is 8.55. The van der Waals surface area contributed by atoms with Crippen LogP contribution in [0.1, 0.15) is 41.9 Å². The van der Waals surface area contributed by atoms with Crippen LogP contribution in [-0.4, -0.2) is 76.2 Å². The average Bonchev–Trinajstić information content (AvgIpc) is 3.50. The fourth-order valence-electron chi connectivity index (χ4n) is 6.27. The van der Waals surface area contributed by atoms with Gasteiger partial charge in [-0.1, -0.05) is 30.1 Å². The van der Waals surface area contributed by atoms with Gasteiger partial charge in [0.25, 0.3) is 0 Å². The van der Waals surface area contributed by atoms with E-state index in [9.17, 15) is 14.3 Å². The minimum Gasteiger partial charge on any atom is -0.478 e. The Balaban J connectivity index is 1.30. The van der Waals surface area contributed by atoms with E-state index in [0.29, 0.717) is 49.0 Å². The second-order valence-electron chi connectivity index (χ2n) is 10.6. The lowest BCUT2D eigenvalue weighted by molar-refractivity contribution is 0.0696. The Labute approximate surface area is 236 Å². The third kappa shape index (κ3) is 5.03. The van der Waals surface area contributed by atoms with E-state index in [1.54, 1.807) is 12.1 Å². The molecule has 2 aromatic heterocycles. The number of carbonyl (C=O) groups is 1. The van der Waals surface area contributed by atoms with E-state index in [4.69, 9.17) is 33.2 Å². The number of aromatic nitrogens is 3. The minimum atomic E-state index is -1.06. The summed E-state index contributed by atoms with van der Waals surface area (Å²) in [7, 11) is 0. The number of hydrogen-bond donors (Lipinski definition) is 1. The normalized spacial score (nSPS) is 23.3. The molecule has 3 aliphatic rings. The van der Waals surface area contributed by atoms with Gasteiger partial charge in [-0.05, 0) is 49.6 Å². The van der Waals surface area contributed by atoms with Crippen LogP contribution in [0.15, 0.2) is 36.5 Å². The van der Waals surface area contributed by atoms with Crippen LogP contribution in [0.3, 0.4) is 0 Å². The third-order valence-electron chi connectivity index (χ3n) is 8.18. The Morgan fingerprint density at radius 3 is 2.51 bits per heavy atom. The molecule has 39 heavy (non-hydrogen) atoms. The largest absolute Gasteiger partial charge is 0.478 e. The molecule has 0 amide bonds. The first kappa shape index (κ1) is 26.2. The summed E-state index contributed by atoms with van der Waals surface area (Å²) in [4.78, 5) is 32.6. The van der Waals surface area contributed by atoms with E-state index in [1.165, 1.54) is 24.8 Å². The van der Waals surface area contributed by atoms with E-state index >= 15 is 0 Å². The van der Waals surface area contributed by atoms with Crippen molar-refractivity contribution in [3.63, 3.8) is 0 Å². The van der Waals surface area contributed by atoms with Crippen LogP contribution >= 0.6 is 23.2 Å². The van der Waals surface area contributed by atoms with Crippen LogP contribution in [0.4, 0.5) is 16.0 Å². The highest BCUT2D eigenvalue weighted by Gasteiger charge is 2.44. The number of halogens is 3. The van der Waals surface area contributed by atoms with E-state index < -0.39 is 11.8 Å². The number of carboxylic acids is 1. The van der Waals surface area contributed by atoms with Crippen LogP contribution < -0.4 is 9.80 Å². The second-order valence-corrected chi connectivity index (χ2v) is 11.4. The van der Waals surface area contributed by atoms with Crippen molar-refractivity contribution in [1.82, 2.24) is 19.9 Å². The zero-order valence-electron chi connectivity index (χ0n) is 21.5. The quantitative estimate of drug-likeness (QED) is 0.447. The van der Waals surface area contributed by atoms with E-state index in [-0.39, 0.29) is 16.5 Å². The number of benzene rings is 1. The molecule has 3 aliphatic heterocycles. The first-order chi connectivity index (χ1) is 18.8. The molecule has 11 heteroatoms. The molecule has 5 heterocycles. The average molecular weight is 571 g/mol. The molecular weight excluding hydrogens is 542 g/mol. The van der Waals surface area contributed by atoms with Gasteiger partial charge in [0, 0.05) is 62.5 Å². The van der Waals surface area contributed by atoms with Crippen LogP contribution in [0.5, 0.6) is 0 Å². The Bertz CT molecular complexity index is 1420. The summed E-state index contributed by atoms with van der Waals surface area (Å²) in [5, 5.41) is 9.60. The summed E-state index contributed by atoms with van der Waals surface area (Å²) in [5.41, 5.74) is 1.55. The van der Waals surface area contributed by atoms with Gasteiger partial charge in [-0.2, -0.15) is 0 Å². The minimum absolute atomic E-state index is 0.0614. The highest BCUT2D eigenvalue weighted by atomic mass is 35.5. The maximum atomic E-state index is 13.9. The number of nitrogens with zero attached hydrogens (tertiary/aromatic N) is 6. The van der Waals surface area contributed by atoms with E-state index in [1.807, 2.05) is 6.07 Å². The smallest absolute Gasteiger partial charge is 0.337 e. The summed E-state index contributed by atoms with van der Waals surface area (Å²) < 4.78 is 13.9. The lowest BCUT2D eigenvalue weighted by atomic mass is 9.89. The number of aromatic carboxylic acids is 1. The van der Waals surface area contributed by atoms with Gasteiger partial charge < -0.3 is 14.9 Å². The summed E-state index contributed by atoms with van der Waals surface area (Å²) in [6.45, 7) is 7.09. The second kappa shape index (κ2) is 10.5. The van der Waals surface area contributed by atoms with Gasteiger partial charge in [0.05, 0.1) is 21.3 Å². The molecule has 204 valence electrons. The van der Waals surface area contributed by atoms with Crippen molar-refractivity contribution in [2.75, 3.05) is 49.1 Å². The first-order valence-electron chi connectivity index (χ1n) is 13.3. The van der Waals surface area contributed by atoms with Gasteiger partial charge >= 0.3 is 5.97 Å². The predicted octanol–water partition coefficient (Wildman–Crippen LogP) is 5.21. The van der Waals surface area contributed by atoms with Gasteiger partial charge in [0.15, 0.2) is 0 Å². The van der Waals surface area contributed by atoms with Crippen molar-refractivity contribution in [2.45, 2.75) is 31.7 Å². The highest BCUT2D eigenvalue weighted by Crippen LogP contribution is 2.43. The van der Waals surface area contributed by atoms with Gasteiger partial charge in [0.1, 0.15) is 23.3 Å². The summed E-state index contributed by atoms with van der Waals surface area (Å²) in [6.07, 6.45) is 3.68. The van der Waals surface area contributed by atoms with Crippen molar-refractivity contribution in [3.05, 3.63) is 63.8 Å². The van der Waals surface area contributed by atoms with Crippen molar-refractivity contribution < 1.29 is 14.3 Å². The van der Waals surface area contributed by atoms with Crippen molar-refractivity contribution >= 4 is 40.8 Å². The zero-order chi connectivity index (χ0) is 27.3. The predicted molar refractivity (Wildman–Crippen MR) is 150 cm³/mol. The zero-order valence-corrected chi connectivity index (χ0v) is 23.0. The van der Waals surface area contributed by atoms with Crippen LogP contribution in [-0.2, 0) is 0 Å². The Morgan fingerprint density at radius 1 is 1.03 bits per heavy atom. The molecule has 1 aromatic carbocycles. The number of fused-ring (bicyclic) bond motifs is 1. The van der Waals surface area contributed by atoms with Crippen molar-refractivity contribution in [1.29, 1.82) is 0 Å². The van der Waals surface area contributed by atoms with E-state index in [2.05, 4.69) is 26.6 Å². The van der Waals surface area contributed by atoms with Crippen LogP contribution in [0, 0.1) is 11.7 Å². The van der Waals surface area contributed by atoms with Crippen LogP contribution in [0.2, 0.25) is 10.0 Å². The molecule has 1 N–H and O–H groups in total. The molecule has 0 spiro atoms. The highest BCUT2D eigenvalue weighted by molar-refractivity contribution is 6.33. The number of anilines is 2. The molecule has 6 rings (SSSR count). The molecule has 3 atom stereocenters. The number of carboxylic acid groups (broad SMARTS) is 1. The number of pyridine rings is 1. The molecule has 3 aromatic rings. The lowest BCUT2D eigenvalue weighted by Crippen LogP contribution is -2.47. The SMILES string of the molecule is CC1CN2CCCC2C1c1nc(-c2ccc(F)c(Cl)c2)cc(N2CCN(c3ncc(C(=O)O)cc3Cl)CC2)n1. The third-order valence-corrected chi connectivity index (χ3v) is 8.75.